The van der Waals surface area contributed by atoms with Crippen LogP contribution in [0.4, 0.5) is 26.7 Å². The van der Waals surface area contributed by atoms with Crippen molar-refractivity contribution in [2.24, 2.45) is 5.92 Å². The third-order valence-electron chi connectivity index (χ3n) is 7.69. The molecule has 0 spiro atoms. The van der Waals surface area contributed by atoms with Crippen molar-refractivity contribution >= 4 is 35.0 Å². The summed E-state index contributed by atoms with van der Waals surface area (Å²) in [5, 5.41) is 18.3. The molecule has 3 aromatic rings. The van der Waals surface area contributed by atoms with Crippen LogP contribution in [-0.2, 0) is 0 Å². The summed E-state index contributed by atoms with van der Waals surface area (Å²) in [7, 11) is 3.24. The van der Waals surface area contributed by atoms with Crippen LogP contribution in [0, 0.1) is 5.92 Å². The number of benzene rings is 3. The number of aliphatic hydroxyl groups excluding tert-OH is 1. The van der Waals surface area contributed by atoms with E-state index in [9.17, 15) is 19.5 Å². The Balaban J connectivity index is 1.32. The Morgan fingerprint density at radius 1 is 0.978 bits per heavy atom. The van der Waals surface area contributed by atoms with Crippen LogP contribution < -0.4 is 34.9 Å². The number of aliphatic hydroxyl groups is 1. The second-order valence-electron chi connectivity index (χ2n) is 11.0. The Kier molecular flexibility index (Phi) is 9.48. The van der Waals surface area contributed by atoms with Gasteiger partial charge in [-0.2, -0.15) is 0 Å². The molecule has 0 aliphatic carbocycles. The number of urea groups is 2. The van der Waals surface area contributed by atoms with Crippen LogP contribution in [0.3, 0.4) is 0 Å². The fourth-order valence-electron chi connectivity index (χ4n) is 5.03. The van der Waals surface area contributed by atoms with Gasteiger partial charge < -0.3 is 49.8 Å². The monoisotopic (exact) mass is 619 g/mol. The van der Waals surface area contributed by atoms with E-state index in [1.165, 1.54) is 4.90 Å². The Hall–Kier alpha value is -5.17. The van der Waals surface area contributed by atoms with Crippen molar-refractivity contribution in [1.29, 1.82) is 0 Å². The Bertz CT molecular complexity index is 1550. The molecule has 0 unspecified atom stereocenters. The molecule has 5 amide bonds. The number of hydrogen-bond acceptors (Lipinski definition) is 8. The minimum absolute atomic E-state index is 0.120. The van der Waals surface area contributed by atoms with Gasteiger partial charge in [0.2, 0.25) is 6.79 Å². The van der Waals surface area contributed by atoms with Gasteiger partial charge in [0.15, 0.2) is 11.5 Å². The highest BCUT2D eigenvalue weighted by Gasteiger charge is 2.34. The molecule has 2 aliphatic rings. The summed E-state index contributed by atoms with van der Waals surface area (Å²) < 4.78 is 22.2. The van der Waals surface area contributed by atoms with E-state index in [0.717, 1.165) is 0 Å². The first-order chi connectivity index (χ1) is 21.6. The lowest BCUT2D eigenvalue weighted by Gasteiger charge is -2.38. The van der Waals surface area contributed by atoms with E-state index >= 15 is 0 Å². The van der Waals surface area contributed by atoms with Crippen LogP contribution in [0.5, 0.6) is 23.0 Å². The molecule has 0 saturated heterocycles. The van der Waals surface area contributed by atoms with Gasteiger partial charge in [0, 0.05) is 42.6 Å². The summed E-state index contributed by atoms with van der Waals surface area (Å²) in [4.78, 5) is 42.7. The van der Waals surface area contributed by atoms with Crippen molar-refractivity contribution in [2.75, 3.05) is 56.6 Å². The standard InChI is InChI=1S/C32H37N5O8/c1-19-15-37(20(2)17-38)30(39)25-13-22(33-31(40)34-23-8-12-27-28(14-23)44-18-43-27)7-11-26(25)45-29(19)16-36(3)32(41)35-21-5-9-24(42-4)10-6-21/h5-14,19-20,29,38H,15-18H2,1-4H3,(H,35,41)(H2,33,34,40)/t19-,20+,29-/m0/s1. The van der Waals surface area contributed by atoms with Crippen molar-refractivity contribution in [2.45, 2.75) is 26.0 Å². The zero-order valence-corrected chi connectivity index (χ0v) is 25.5. The van der Waals surface area contributed by atoms with Gasteiger partial charge in [-0.25, -0.2) is 9.59 Å². The maximum atomic E-state index is 13.8. The molecule has 0 bridgehead atoms. The van der Waals surface area contributed by atoms with Crippen LogP contribution >= 0.6 is 0 Å². The summed E-state index contributed by atoms with van der Waals surface area (Å²) in [5.41, 5.74) is 1.70. The number of ether oxygens (including phenoxy) is 4. The normalized spacial score (nSPS) is 17.6. The third-order valence-corrected chi connectivity index (χ3v) is 7.69. The van der Waals surface area contributed by atoms with E-state index in [-0.39, 0.29) is 49.9 Å². The lowest BCUT2D eigenvalue weighted by atomic mass is 9.99. The van der Waals surface area contributed by atoms with Gasteiger partial charge in [0.1, 0.15) is 17.6 Å². The average Bonchev–Trinajstić information content (AvgIpc) is 3.51. The maximum Gasteiger partial charge on any atom is 0.323 e. The summed E-state index contributed by atoms with van der Waals surface area (Å²) in [6, 6.07) is 15.5. The number of nitrogens with one attached hydrogen (secondary N) is 3. The molecule has 13 nitrogen and oxygen atoms in total. The molecule has 2 aliphatic heterocycles. The number of hydrogen-bond donors (Lipinski definition) is 4. The summed E-state index contributed by atoms with van der Waals surface area (Å²) >= 11 is 0. The number of rotatable bonds is 8. The number of methoxy groups -OCH3 is 1. The number of fused-ring (bicyclic) bond motifs is 2. The summed E-state index contributed by atoms with van der Waals surface area (Å²) in [6.07, 6.45) is -0.495. The molecule has 0 radical (unpaired) electrons. The number of amides is 5. The minimum atomic E-state index is -0.524. The largest absolute Gasteiger partial charge is 0.497 e. The average molecular weight is 620 g/mol. The number of carbonyl (C=O) groups excluding carboxylic acids is 3. The molecule has 0 aromatic heterocycles. The van der Waals surface area contributed by atoms with Crippen molar-refractivity contribution in [3.8, 4) is 23.0 Å². The van der Waals surface area contributed by atoms with Crippen LogP contribution in [0.25, 0.3) is 0 Å². The Morgan fingerprint density at radius 2 is 1.62 bits per heavy atom. The van der Waals surface area contributed by atoms with E-state index in [1.54, 1.807) is 86.6 Å². The minimum Gasteiger partial charge on any atom is -0.497 e. The molecule has 4 N–H and O–H groups in total. The Morgan fingerprint density at radius 3 is 2.31 bits per heavy atom. The van der Waals surface area contributed by atoms with Crippen LogP contribution in [-0.4, -0.2) is 85.7 Å². The molecule has 2 heterocycles. The van der Waals surface area contributed by atoms with Crippen molar-refractivity contribution < 1.29 is 38.4 Å². The number of likely N-dealkylation sites (N-methyl/N-ethyl adjacent to an activating group) is 1. The smallest absolute Gasteiger partial charge is 0.323 e. The first-order valence-corrected chi connectivity index (χ1v) is 14.5. The number of carbonyl (C=O) groups is 3. The lowest BCUT2D eigenvalue weighted by Crippen LogP contribution is -2.50. The fraction of sp³-hybridized carbons (Fsp3) is 0.344. The zero-order chi connectivity index (χ0) is 32.1. The molecule has 3 atom stereocenters. The van der Waals surface area contributed by atoms with Crippen LogP contribution in [0.2, 0.25) is 0 Å². The molecule has 13 heteroatoms. The molecule has 0 fully saturated rings. The molecule has 5 rings (SSSR count). The molecular formula is C32H37N5O8. The zero-order valence-electron chi connectivity index (χ0n) is 25.5. The molecule has 45 heavy (non-hydrogen) atoms. The molecule has 0 saturated carbocycles. The predicted molar refractivity (Wildman–Crippen MR) is 167 cm³/mol. The maximum absolute atomic E-state index is 13.8. The van der Waals surface area contributed by atoms with Crippen molar-refractivity contribution in [1.82, 2.24) is 9.80 Å². The van der Waals surface area contributed by atoms with Gasteiger partial charge >= 0.3 is 12.1 Å². The molecule has 3 aromatic carbocycles. The third kappa shape index (κ3) is 7.32. The van der Waals surface area contributed by atoms with E-state index in [4.69, 9.17) is 18.9 Å². The first-order valence-electron chi connectivity index (χ1n) is 14.5. The van der Waals surface area contributed by atoms with E-state index in [2.05, 4.69) is 16.0 Å². The molecular weight excluding hydrogens is 582 g/mol. The van der Waals surface area contributed by atoms with Gasteiger partial charge in [0.05, 0.1) is 31.9 Å². The Labute approximate surface area is 261 Å². The summed E-state index contributed by atoms with van der Waals surface area (Å²) in [5.74, 6) is 1.57. The van der Waals surface area contributed by atoms with Crippen molar-refractivity contribution in [3.05, 3.63) is 66.2 Å². The van der Waals surface area contributed by atoms with Crippen molar-refractivity contribution in [3.63, 3.8) is 0 Å². The van der Waals surface area contributed by atoms with Gasteiger partial charge in [-0.15, -0.1) is 0 Å². The first kappa shape index (κ1) is 31.3. The van der Waals surface area contributed by atoms with Gasteiger partial charge in [-0.1, -0.05) is 6.92 Å². The second kappa shape index (κ2) is 13.6. The SMILES string of the molecule is COc1ccc(NC(=O)N(C)C[C@@H]2Oc3ccc(NC(=O)Nc4ccc5c(c4)OCO5)cc3C(=O)N([C@H](C)CO)C[C@@H]2C)cc1. The van der Waals surface area contributed by atoms with E-state index in [0.29, 0.717) is 40.1 Å². The number of anilines is 3. The summed E-state index contributed by atoms with van der Waals surface area (Å²) in [6.45, 7) is 4.08. The van der Waals surface area contributed by atoms with Gasteiger partial charge in [-0.05, 0) is 61.5 Å². The number of nitrogens with zero attached hydrogens (tertiary/aromatic N) is 2. The molecule has 238 valence electrons. The van der Waals surface area contributed by atoms with Gasteiger partial charge in [-0.3, -0.25) is 4.79 Å². The highest BCUT2D eigenvalue weighted by molar-refractivity contribution is 6.02. The highest BCUT2D eigenvalue weighted by atomic mass is 16.7. The lowest BCUT2D eigenvalue weighted by molar-refractivity contribution is 0.0371. The fourth-order valence-corrected chi connectivity index (χ4v) is 5.03. The van der Waals surface area contributed by atoms with Gasteiger partial charge in [0.25, 0.3) is 5.91 Å². The van der Waals surface area contributed by atoms with E-state index < -0.39 is 18.2 Å². The second-order valence-corrected chi connectivity index (χ2v) is 11.0. The quantitative estimate of drug-likeness (QED) is 0.289. The van der Waals surface area contributed by atoms with E-state index in [1.807, 2.05) is 6.92 Å². The topological polar surface area (TPSA) is 151 Å². The highest BCUT2D eigenvalue weighted by Crippen LogP contribution is 2.35. The van der Waals surface area contributed by atoms with Crippen LogP contribution in [0.1, 0.15) is 24.2 Å². The predicted octanol–water partition coefficient (Wildman–Crippen LogP) is 4.45. The van der Waals surface area contributed by atoms with Crippen LogP contribution in [0.15, 0.2) is 60.7 Å².